The van der Waals surface area contributed by atoms with Crippen LogP contribution in [0, 0.1) is 13.8 Å². The zero-order valence-electron chi connectivity index (χ0n) is 22.9. The molecule has 5 rings (SSSR count). The summed E-state index contributed by atoms with van der Waals surface area (Å²) in [5, 5.41) is 2.08. The van der Waals surface area contributed by atoms with Gasteiger partial charge < -0.3 is 24.0 Å². The lowest BCUT2D eigenvalue weighted by Crippen LogP contribution is -2.49. The number of aryl methyl sites for hydroxylation is 2. The highest BCUT2D eigenvalue weighted by atomic mass is 32.1. The Labute approximate surface area is 234 Å². The highest BCUT2D eigenvalue weighted by molar-refractivity contribution is 7.10. The molecule has 1 fully saturated rings. The van der Waals surface area contributed by atoms with Crippen molar-refractivity contribution < 1.29 is 23.8 Å². The van der Waals surface area contributed by atoms with E-state index in [0.29, 0.717) is 37.6 Å². The van der Waals surface area contributed by atoms with Gasteiger partial charge in [0.2, 0.25) is 5.91 Å². The van der Waals surface area contributed by atoms with Gasteiger partial charge >= 0.3 is 0 Å². The molecule has 0 N–H and O–H groups in total. The molecule has 0 radical (unpaired) electrons. The van der Waals surface area contributed by atoms with Gasteiger partial charge in [-0.3, -0.25) is 9.59 Å². The van der Waals surface area contributed by atoms with Gasteiger partial charge in [0.25, 0.3) is 5.91 Å². The second kappa shape index (κ2) is 12.2. The van der Waals surface area contributed by atoms with Crippen LogP contribution in [0.2, 0.25) is 0 Å². The van der Waals surface area contributed by atoms with Crippen molar-refractivity contribution in [2.75, 3.05) is 40.0 Å². The van der Waals surface area contributed by atoms with E-state index in [2.05, 4.69) is 24.4 Å². The number of nitrogens with zero attached hydrogens (tertiary/aromatic N) is 2. The van der Waals surface area contributed by atoms with Crippen molar-refractivity contribution in [3.05, 3.63) is 81.0 Å². The number of hydrogen-bond acceptors (Lipinski definition) is 6. The molecule has 2 amide bonds. The second-order valence-electron chi connectivity index (χ2n) is 10.3. The second-order valence-corrected chi connectivity index (χ2v) is 11.3. The van der Waals surface area contributed by atoms with Gasteiger partial charge in [0.05, 0.1) is 19.3 Å². The maximum Gasteiger partial charge on any atom is 0.254 e. The van der Waals surface area contributed by atoms with Gasteiger partial charge in [0.15, 0.2) is 0 Å². The molecule has 0 unspecified atom stereocenters. The molecule has 3 heterocycles. The largest absolute Gasteiger partial charge is 0.497 e. The van der Waals surface area contributed by atoms with Gasteiger partial charge in [0, 0.05) is 30.1 Å². The van der Waals surface area contributed by atoms with Crippen molar-refractivity contribution in [3.8, 4) is 11.5 Å². The smallest absolute Gasteiger partial charge is 0.254 e. The fraction of sp³-hybridized carbons (Fsp3) is 0.419. The predicted molar refractivity (Wildman–Crippen MR) is 152 cm³/mol. The molecule has 1 aromatic heterocycles. The lowest BCUT2D eigenvalue weighted by atomic mass is 10.00. The minimum Gasteiger partial charge on any atom is -0.497 e. The summed E-state index contributed by atoms with van der Waals surface area (Å²) in [6, 6.07) is 15.0. The van der Waals surface area contributed by atoms with Crippen molar-refractivity contribution in [3.63, 3.8) is 0 Å². The van der Waals surface area contributed by atoms with Gasteiger partial charge in [0.1, 0.15) is 24.7 Å². The lowest BCUT2D eigenvalue weighted by Gasteiger charge is -2.37. The third-order valence-electron chi connectivity index (χ3n) is 7.54. The van der Waals surface area contributed by atoms with Crippen LogP contribution < -0.4 is 9.47 Å². The fourth-order valence-electron chi connectivity index (χ4n) is 5.43. The molecular weight excluding hydrogens is 512 g/mol. The van der Waals surface area contributed by atoms with Crippen molar-refractivity contribution in [1.82, 2.24) is 9.80 Å². The van der Waals surface area contributed by atoms with E-state index >= 15 is 0 Å². The molecule has 2 aliphatic heterocycles. The zero-order valence-corrected chi connectivity index (χ0v) is 23.7. The summed E-state index contributed by atoms with van der Waals surface area (Å²) in [6.45, 7) is 6.12. The minimum atomic E-state index is -0.214. The third-order valence-corrected chi connectivity index (χ3v) is 8.54. The highest BCUT2D eigenvalue weighted by Gasteiger charge is 2.34. The van der Waals surface area contributed by atoms with Crippen LogP contribution in [0.4, 0.5) is 0 Å². The average molecular weight is 549 g/mol. The zero-order chi connectivity index (χ0) is 27.4. The van der Waals surface area contributed by atoms with E-state index < -0.39 is 0 Å². The van der Waals surface area contributed by atoms with Crippen LogP contribution in [0.5, 0.6) is 11.5 Å². The van der Waals surface area contributed by atoms with E-state index in [-0.39, 0.29) is 30.5 Å². The molecule has 0 saturated carbocycles. The molecule has 206 valence electrons. The Kier molecular flexibility index (Phi) is 8.53. The number of rotatable bonds is 9. The van der Waals surface area contributed by atoms with Crippen LogP contribution in [0.1, 0.15) is 50.8 Å². The van der Waals surface area contributed by atoms with Crippen LogP contribution in [-0.4, -0.2) is 67.7 Å². The molecule has 3 aromatic rings. The molecular formula is C31H36N2O5S. The van der Waals surface area contributed by atoms with Crippen molar-refractivity contribution >= 4 is 23.2 Å². The van der Waals surface area contributed by atoms with Crippen molar-refractivity contribution in [2.24, 2.45) is 0 Å². The average Bonchev–Trinajstić information content (AvgIpc) is 3.64. The SMILES string of the molecule is COc1ccc(C(=O)N(CC(=O)N2CCc3sccc3[C@H]2COc2ccc(C)cc2C)C[C@@H]2CCCO2)cc1. The van der Waals surface area contributed by atoms with Crippen LogP contribution in [0.25, 0.3) is 0 Å². The Morgan fingerprint density at radius 1 is 1.13 bits per heavy atom. The topological polar surface area (TPSA) is 68.3 Å². The van der Waals surface area contributed by atoms with Crippen LogP contribution in [0.3, 0.4) is 0 Å². The number of thiophene rings is 1. The van der Waals surface area contributed by atoms with Gasteiger partial charge in [-0.25, -0.2) is 0 Å². The molecule has 0 spiro atoms. The summed E-state index contributed by atoms with van der Waals surface area (Å²) >= 11 is 1.73. The summed E-state index contributed by atoms with van der Waals surface area (Å²) in [5.41, 5.74) is 3.91. The molecule has 0 bridgehead atoms. The first-order chi connectivity index (χ1) is 18.9. The first-order valence-electron chi connectivity index (χ1n) is 13.5. The van der Waals surface area contributed by atoms with E-state index in [9.17, 15) is 9.59 Å². The monoisotopic (exact) mass is 548 g/mol. The molecule has 0 aliphatic carbocycles. The van der Waals surface area contributed by atoms with Crippen molar-refractivity contribution in [1.29, 1.82) is 0 Å². The maximum absolute atomic E-state index is 13.9. The molecule has 8 heteroatoms. The molecule has 2 atom stereocenters. The van der Waals surface area contributed by atoms with Gasteiger partial charge in [-0.1, -0.05) is 17.7 Å². The summed E-state index contributed by atoms with van der Waals surface area (Å²) in [5.74, 6) is 1.24. The van der Waals surface area contributed by atoms with Crippen LogP contribution >= 0.6 is 11.3 Å². The number of methoxy groups -OCH3 is 1. The van der Waals surface area contributed by atoms with E-state index in [1.54, 1.807) is 47.6 Å². The van der Waals surface area contributed by atoms with Crippen LogP contribution in [0.15, 0.2) is 53.9 Å². The van der Waals surface area contributed by atoms with Gasteiger partial charge in [-0.05, 0) is 86.0 Å². The standard InChI is InChI=1S/C31H36N2O5S/c1-21-6-11-28(22(2)17-21)38-20-27-26-13-16-39-29(26)12-14-33(27)30(34)19-32(18-25-5-4-15-37-25)31(35)23-7-9-24(36-3)10-8-23/h6-11,13,16-17,25,27H,4-5,12,14-15,18-20H2,1-3H3/t25-,27+/m0/s1. The van der Waals surface area contributed by atoms with Gasteiger partial charge in [-0.2, -0.15) is 0 Å². The maximum atomic E-state index is 13.9. The Balaban J connectivity index is 1.35. The molecule has 1 saturated heterocycles. The predicted octanol–water partition coefficient (Wildman–Crippen LogP) is 5.20. The highest BCUT2D eigenvalue weighted by Crippen LogP contribution is 2.34. The molecule has 39 heavy (non-hydrogen) atoms. The number of fused-ring (bicyclic) bond motifs is 1. The summed E-state index contributed by atoms with van der Waals surface area (Å²) in [7, 11) is 1.59. The minimum absolute atomic E-state index is 0.00967. The van der Waals surface area contributed by atoms with E-state index in [0.717, 1.165) is 36.1 Å². The number of hydrogen-bond donors (Lipinski definition) is 0. The first kappa shape index (κ1) is 27.2. The summed E-state index contributed by atoms with van der Waals surface area (Å²) < 4.78 is 17.4. The number of ether oxygens (including phenoxy) is 3. The molecule has 2 aromatic carbocycles. The summed E-state index contributed by atoms with van der Waals surface area (Å²) in [6.07, 6.45) is 2.59. The normalized spacial score (nSPS) is 18.5. The quantitative estimate of drug-likeness (QED) is 0.368. The van der Waals surface area contributed by atoms with Crippen molar-refractivity contribution in [2.45, 2.75) is 45.3 Å². The first-order valence-corrected chi connectivity index (χ1v) is 14.4. The number of benzene rings is 2. The number of amides is 2. The van der Waals surface area contributed by atoms with E-state index in [1.165, 1.54) is 10.4 Å². The molecule has 2 aliphatic rings. The van der Waals surface area contributed by atoms with Gasteiger partial charge in [-0.15, -0.1) is 11.3 Å². The Morgan fingerprint density at radius 2 is 1.95 bits per heavy atom. The van der Waals surface area contributed by atoms with Crippen LogP contribution in [-0.2, 0) is 16.0 Å². The summed E-state index contributed by atoms with van der Waals surface area (Å²) in [4.78, 5) is 32.3. The number of carbonyl (C=O) groups is 2. The fourth-order valence-corrected chi connectivity index (χ4v) is 6.36. The Morgan fingerprint density at radius 3 is 2.67 bits per heavy atom. The van der Waals surface area contributed by atoms with E-state index in [4.69, 9.17) is 14.2 Å². The Bertz CT molecular complexity index is 1300. The lowest BCUT2D eigenvalue weighted by molar-refractivity contribution is -0.135. The van der Waals surface area contributed by atoms with E-state index in [1.807, 2.05) is 24.0 Å². The number of carbonyl (C=O) groups excluding carboxylic acids is 2. The molecule has 7 nitrogen and oxygen atoms in total. The third kappa shape index (κ3) is 6.28. The Hall–Kier alpha value is -3.36.